The van der Waals surface area contributed by atoms with Crippen LogP contribution in [-0.2, 0) is 4.74 Å². The van der Waals surface area contributed by atoms with Crippen LogP contribution >= 0.6 is 22.6 Å². The van der Waals surface area contributed by atoms with E-state index in [4.69, 9.17) is 4.74 Å². The standard InChI is InChI=1S/C20H19IN2O2/c1-4-25-20(24)17-11-22-18-13(3)9-12(2)10-16(18)19(17)23-15-7-5-14(21)6-8-15/h5-11H,4H2,1-3H3,(H,22,23). The summed E-state index contributed by atoms with van der Waals surface area (Å²) in [7, 11) is 0. The zero-order valence-electron chi connectivity index (χ0n) is 14.4. The van der Waals surface area contributed by atoms with Gasteiger partial charge in [0.1, 0.15) is 5.56 Å². The minimum absolute atomic E-state index is 0.326. The van der Waals surface area contributed by atoms with E-state index in [1.54, 1.807) is 13.1 Å². The number of hydrogen-bond donors (Lipinski definition) is 1. The summed E-state index contributed by atoms with van der Waals surface area (Å²) in [6.07, 6.45) is 1.59. The van der Waals surface area contributed by atoms with Gasteiger partial charge in [-0.25, -0.2) is 4.79 Å². The smallest absolute Gasteiger partial charge is 0.341 e. The van der Waals surface area contributed by atoms with Crippen LogP contribution in [0.15, 0.2) is 42.6 Å². The predicted octanol–water partition coefficient (Wildman–Crippen LogP) is 5.38. The third kappa shape index (κ3) is 3.76. The van der Waals surface area contributed by atoms with Gasteiger partial charge in [-0.3, -0.25) is 4.98 Å². The Hall–Kier alpha value is -2.15. The molecule has 128 valence electrons. The van der Waals surface area contributed by atoms with Gasteiger partial charge in [0.25, 0.3) is 0 Å². The Bertz CT molecular complexity index is 937. The number of hydrogen-bond acceptors (Lipinski definition) is 4. The molecule has 1 aromatic heterocycles. The number of carbonyl (C=O) groups excluding carboxylic acids is 1. The lowest BCUT2D eigenvalue weighted by atomic mass is 10.0. The zero-order valence-corrected chi connectivity index (χ0v) is 16.5. The number of nitrogens with zero attached hydrogens (tertiary/aromatic N) is 1. The second kappa shape index (κ2) is 7.39. The van der Waals surface area contributed by atoms with Crippen LogP contribution < -0.4 is 5.32 Å². The first kappa shape index (κ1) is 17.7. The van der Waals surface area contributed by atoms with Gasteiger partial charge < -0.3 is 10.1 Å². The molecule has 0 spiro atoms. The molecule has 1 N–H and O–H groups in total. The molecule has 25 heavy (non-hydrogen) atoms. The summed E-state index contributed by atoms with van der Waals surface area (Å²) in [4.78, 5) is 16.9. The molecule has 0 aliphatic rings. The molecule has 0 saturated heterocycles. The van der Waals surface area contributed by atoms with Crippen LogP contribution in [0.5, 0.6) is 0 Å². The minimum atomic E-state index is -0.371. The highest BCUT2D eigenvalue weighted by atomic mass is 127. The molecular weight excluding hydrogens is 427 g/mol. The molecule has 3 rings (SSSR count). The van der Waals surface area contributed by atoms with Crippen molar-refractivity contribution in [2.45, 2.75) is 20.8 Å². The molecular formula is C20H19IN2O2. The summed E-state index contributed by atoms with van der Waals surface area (Å²) in [5.41, 5.74) is 5.17. The molecule has 0 aliphatic heterocycles. The molecule has 1 heterocycles. The van der Waals surface area contributed by atoms with Crippen molar-refractivity contribution in [3.8, 4) is 0 Å². The summed E-state index contributed by atoms with van der Waals surface area (Å²) >= 11 is 2.27. The topological polar surface area (TPSA) is 51.2 Å². The monoisotopic (exact) mass is 446 g/mol. The molecule has 0 fully saturated rings. The lowest BCUT2D eigenvalue weighted by molar-refractivity contribution is 0.0527. The van der Waals surface area contributed by atoms with E-state index >= 15 is 0 Å². The Balaban J connectivity index is 2.21. The Morgan fingerprint density at radius 2 is 1.92 bits per heavy atom. The van der Waals surface area contributed by atoms with Gasteiger partial charge in [-0.1, -0.05) is 11.6 Å². The number of aryl methyl sites for hydroxylation is 2. The molecule has 4 nitrogen and oxygen atoms in total. The Morgan fingerprint density at radius 1 is 1.20 bits per heavy atom. The number of fused-ring (bicyclic) bond motifs is 1. The van der Waals surface area contributed by atoms with E-state index < -0.39 is 0 Å². The first-order chi connectivity index (χ1) is 12.0. The van der Waals surface area contributed by atoms with Crippen molar-refractivity contribution in [1.82, 2.24) is 4.98 Å². The van der Waals surface area contributed by atoms with Gasteiger partial charge >= 0.3 is 5.97 Å². The summed E-state index contributed by atoms with van der Waals surface area (Å²) in [6.45, 7) is 6.19. The van der Waals surface area contributed by atoms with Gasteiger partial charge in [0.05, 0.1) is 17.8 Å². The van der Waals surface area contributed by atoms with Crippen molar-refractivity contribution < 1.29 is 9.53 Å². The normalized spacial score (nSPS) is 10.7. The molecule has 0 amide bonds. The van der Waals surface area contributed by atoms with E-state index in [1.807, 2.05) is 44.2 Å². The van der Waals surface area contributed by atoms with E-state index in [0.29, 0.717) is 12.2 Å². The number of ether oxygens (including phenoxy) is 1. The van der Waals surface area contributed by atoms with E-state index in [1.165, 1.54) is 0 Å². The second-order valence-corrected chi connectivity index (χ2v) is 7.12. The van der Waals surface area contributed by atoms with Gasteiger partial charge in [0.15, 0.2) is 0 Å². The van der Waals surface area contributed by atoms with E-state index in [2.05, 4.69) is 39.0 Å². The molecule has 0 radical (unpaired) electrons. The number of aromatic nitrogens is 1. The van der Waals surface area contributed by atoms with Crippen molar-refractivity contribution in [1.29, 1.82) is 0 Å². The highest BCUT2D eigenvalue weighted by molar-refractivity contribution is 14.1. The van der Waals surface area contributed by atoms with E-state index in [9.17, 15) is 4.79 Å². The average Bonchev–Trinajstić information content (AvgIpc) is 2.57. The van der Waals surface area contributed by atoms with E-state index in [0.717, 1.165) is 37.0 Å². The zero-order chi connectivity index (χ0) is 18.0. The van der Waals surface area contributed by atoms with Gasteiger partial charge in [-0.15, -0.1) is 0 Å². The molecule has 0 aliphatic carbocycles. The third-order valence-electron chi connectivity index (χ3n) is 3.92. The van der Waals surface area contributed by atoms with Crippen molar-refractivity contribution in [2.24, 2.45) is 0 Å². The summed E-state index contributed by atoms with van der Waals surface area (Å²) in [5.74, 6) is -0.371. The van der Waals surface area contributed by atoms with Crippen LogP contribution in [0, 0.1) is 17.4 Å². The number of rotatable bonds is 4. The minimum Gasteiger partial charge on any atom is -0.462 e. The second-order valence-electron chi connectivity index (χ2n) is 5.88. The lowest BCUT2D eigenvalue weighted by Crippen LogP contribution is -2.09. The Morgan fingerprint density at radius 3 is 2.60 bits per heavy atom. The van der Waals surface area contributed by atoms with Gasteiger partial charge in [-0.05, 0) is 79.3 Å². The van der Waals surface area contributed by atoms with Crippen LogP contribution in [0.4, 0.5) is 11.4 Å². The number of benzene rings is 2. The first-order valence-corrected chi connectivity index (χ1v) is 9.17. The molecule has 2 aromatic carbocycles. The van der Waals surface area contributed by atoms with Crippen LogP contribution in [0.1, 0.15) is 28.4 Å². The SMILES string of the molecule is CCOC(=O)c1cnc2c(C)cc(C)cc2c1Nc1ccc(I)cc1. The van der Waals surface area contributed by atoms with E-state index in [-0.39, 0.29) is 5.97 Å². The summed E-state index contributed by atoms with van der Waals surface area (Å²) in [5, 5.41) is 4.31. The first-order valence-electron chi connectivity index (χ1n) is 8.09. The maximum absolute atomic E-state index is 12.4. The largest absolute Gasteiger partial charge is 0.462 e. The van der Waals surface area contributed by atoms with Crippen LogP contribution in [0.3, 0.4) is 0 Å². The fraction of sp³-hybridized carbons (Fsp3) is 0.200. The van der Waals surface area contributed by atoms with Crippen molar-refractivity contribution >= 4 is 50.8 Å². The third-order valence-corrected chi connectivity index (χ3v) is 4.63. The molecule has 0 saturated carbocycles. The Labute approximate surface area is 160 Å². The van der Waals surface area contributed by atoms with Crippen LogP contribution in [0.25, 0.3) is 10.9 Å². The maximum atomic E-state index is 12.4. The molecule has 3 aromatic rings. The summed E-state index contributed by atoms with van der Waals surface area (Å²) in [6, 6.07) is 12.2. The highest BCUT2D eigenvalue weighted by Gasteiger charge is 2.18. The number of esters is 1. The molecule has 0 unspecified atom stereocenters. The molecule has 0 bridgehead atoms. The summed E-state index contributed by atoms with van der Waals surface area (Å²) < 4.78 is 6.37. The molecule has 5 heteroatoms. The average molecular weight is 446 g/mol. The molecule has 0 atom stereocenters. The number of halogens is 1. The van der Waals surface area contributed by atoms with Gasteiger partial charge in [0.2, 0.25) is 0 Å². The quantitative estimate of drug-likeness (QED) is 0.432. The lowest BCUT2D eigenvalue weighted by Gasteiger charge is -2.15. The maximum Gasteiger partial charge on any atom is 0.341 e. The number of nitrogens with one attached hydrogen (secondary N) is 1. The van der Waals surface area contributed by atoms with Gasteiger partial charge in [-0.2, -0.15) is 0 Å². The highest BCUT2D eigenvalue weighted by Crippen LogP contribution is 2.32. The van der Waals surface area contributed by atoms with Gasteiger partial charge in [0, 0.05) is 20.8 Å². The predicted molar refractivity (Wildman–Crippen MR) is 110 cm³/mol. The number of pyridine rings is 1. The van der Waals surface area contributed by atoms with Crippen LogP contribution in [-0.4, -0.2) is 17.6 Å². The number of carbonyl (C=O) groups is 1. The fourth-order valence-corrected chi connectivity index (χ4v) is 3.20. The van der Waals surface area contributed by atoms with Crippen molar-refractivity contribution in [3.63, 3.8) is 0 Å². The van der Waals surface area contributed by atoms with Crippen molar-refractivity contribution in [2.75, 3.05) is 11.9 Å². The van der Waals surface area contributed by atoms with Crippen LogP contribution in [0.2, 0.25) is 0 Å². The van der Waals surface area contributed by atoms with Crippen molar-refractivity contribution in [3.05, 3.63) is 62.9 Å². The number of anilines is 2. The fourth-order valence-electron chi connectivity index (χ4n) is 2.84. The Kier molecular flexibility index (Phi) is 5.22.